The van der Waals surface area contributed by atoms with Gasteiger partial charge in [0.05, 0.1) is 12.0 Å². The molecule has 0 aliphatic carbocycles. The topological polar surface area (TPSA) is 75.6 Å². The number of carbonyl (C=O) groups excluding carboxylic acids is 1. The maximum absolute atomic E-state index is 11.9. The Labute approximate surface area is 118 Å². The SMILES string of the molecule is COCCCC(=O)NC(c1ccccc1)C(C)C(=O)O. The second-order valence-corrected chi connectivity index (χ2v) is 4.68. The summed E-state index contributed by atoms with van der Waals surface area (Å²) in [4.78, 5) is 23.1. The summed E-state index contributed by atoms with van der Waals surface area (Å²) in [6.07, 6.45) is 0.939. The molecule has 5 heteroatoms. The molecule has 0 radical (unpaired) electrons. The molecule has 0 aliphatic rings. The largest absolute Gasteiger partial charge is 0.481 e. The Morgan fingerprint density at radius 1 is 1.30 bits per heavy atom. The number of ether oxygens (including phenoxy) is 1. The lowest BCUT2D eigenvalue weighted by Gasteiger charge is -2.23. The zero-order valence-corrected chi connectivity index (χ0v) is 11.8. The molecule has 20 heavy (non-hydrogen) atoms. The molecule has 0 saturated carbocycles. The van der Waals surface area contributed by atoms with E-state index < -0.39 is 17.9 Å². The third-order valence-electron chi connectivity index (χ3n) is 3.12. The molecule has 0 aromatic heterocycles. The van der Waals surface area contributed by atoms with Gasteiger partial charge >= 0.3 is 5.97 Å². The predicted molar refractivity (Wildman–Crippen MR) is 75.2 cm³/mol. The first kappa shape index (κ1) is 16.2. The molecule has 2 N–H and O–H groups in total. The van der Waals surface area contributed by atoms with Gasteiger partial charge in [-0.25, -0.2) is 0 Å². The number of hydrogen-bond acceptors (Lipinski definition) is 3. The van der Waals surface area contributed by atoms with E-state index >= 15 is 0 Å². The van der Waals surface area contributed by atoms with Crippen LogP contribution in [0.3, 0.4) is 0 Å². The highest BCUT2D eigenvalue weighted by Crippen LogP contribution is 2.22. The number of hydrogen-bond donors (Lipinski definition) is 2. The fourth-order valence-electron chi connectivity index (χ4n) is 1.92. The molecule has 0 bridgehead atoms. The standard InChI is InChI=1S/C15H21NO4/c1-11(15(18)19)14(12-7-4-3-5-8-12)16-13(17)9-6-10-20-2/h3-5,7-8,11,14H,6,9-10H2,1-2H3,(H,16,17)(H,18,19). The van der Waals surface area contributed by atoms with Crippen molar-refractivity contribution in [2.24, 2.45) is 5.92 Å². The normalized spacial score (nSPS) is 13.5. The summed E-state index contributed by atoms with van der Waals surface area (Å²) in [5.41, 5.74) is 0.794. The molecule has 0 saturated heterocycles. The van der Waals surface area contributed by atoms with Gasteiger partial charge in [-0.1, -0.05) is 30.3 Å². The van der Waals surface area contributed by atoms with Gasteiger partial charge in [0.15, 0.2) is 0 Å². The van der Waals surface area contributed by atoms with E-state index in [1.165, 1.54) is 0 Å². The monoisotopic (exact) mass is 279 g/mol. The molecule has 1 aromatic carbocycles. The van der Waals surface area contributed by atoms with E-state index in [4.69, 9.17) is 9.84 Å². The van der Waals surface area contributed by atoms with Gasteiger partial charge in [0.2, 0.25) is 5.91 Å². The number of carbonyl (C=O) groups is 2. The number of carboxylic acid groups (broad SMARTS) is 1. The van der Waals surface area contributed by atoms with Gasteiger partial charge in [-0.05, 0) is 18.9 Å². The van der Waals surface area contributed by atoms with E-state index in [1.807, 2.05) is 30.3 Å². The van der Waals surface area contributed by atoms with Crippen molar-refractivity contribution in [1.82, 2.24) is 5.32 Å². The zero-order valence-electron chi connectivity index (χ0n) is 11.8. The molecule has 2 atom stereocenters. The van der Waals surface area contributed by atoms with E-state index in [-0.39, 0.29) is 5.91 Å². The van der Waals surface area contributed by atoms with E-state index in [0.717, 1.165) is 5.56 Å². The molecule has 0 heterocycles. The van der Waals surface area contributed by atoms with Gasteiger partial charge in [-0.2, -0.15) is 0 Å². The number of aliphatic carboxylic acids is 1. The summed E-state index contributed by atoms with van der Waals surface area (Å²) in [6.45, 7) is 2.10. The Morgan fingerprint density at radius 2 is 1.95 bits per heavy atom. The average molecular weight is 279 g/mol. The number of benzene rings is 1. The molecule has 2 unspecified atom stereocenters. The highest BCUT2D eigenvalue weighted by Gasteiger charge is 2.26. The third-order valence-corrected chi connectivity index (χ3v) is 3.12. The first-order valence-corrected chi connectivity index (χ1v) is 6.62. The van der Waals surface area contributed by atoms with Crippen molar-refractivity contribution in [2.45, 2.75) is 25.8 Å². The summed E-state index contributed by atoms with van der Waals surface area (Å²) in [7, 11) is 1.58. The minimum absolute atomic E-state index is 0.163. The molecule has 0 fully saturated rings. The Hall–Kier alpha value is -1.88. The summed E-state index contributed by atoms with van der Waals surface area (Å²) in [6, 6.07) is 8.62. The smallest absolute Gasteiger partial charge is 0.308 e. The van der Waals surface area contributed by atoms with Crippen LogP contribution in [0.25, 0.3) is 0 Å². The van der Waals surface area contributed by atoms with Crippen LogP contribution in [0.1, 0.15) is 31.4 Å². The van der Waals surface area contributed by atoms with Crippen LogP contribution in [-0.4, -0.2) is 30.7 Å². The zero-order chi connectivity index (χ0) is 15.0. The molecule has 5 nitrogen and oxygen atoms in total. The summed E-state index contributed by atoms with van der Waals surface area (Å²) >= 11 is 0. The van der Waals surface area contributed by atoms with Gasteiger partial charge in [-0.15, -0.1) is 0 Å². The van der Waals surface area contributed by atoms with Crippen LogP contribution in [-0.2, 0) is 14.3 Å². The number of methoxy groups -OCH3 is 1. The van der Waals surface area contributed by atoms with Crippen LogP contribution in [0.15, 0.2) is 30.3 Å². The van der Waals surface area contributed by atoms with Crippen molar-refractivity contribution >= 4 is 11.9 Å². The number of nitrogens with one attached hydrogen (secondary N) is 1. The Balaban J connectivity index is 2.74. The molecule has 0 spiro atoms. The van der Waals surface area contributed by atoms with Crippen molar-refractivity contribution in [1.29, 1.82) is 0 Å². The molecular weight excluding hydrogens is 258 g/mol. The summed E-state index contributed by atoms with van der Waals surface area (Å²) in [5.74, 6) is -1.79. The third kappa shape index (κ3) is 5.01. The first-order chi connectivity index (χ1) is 9.56. The molecule has 1 amide bonds. The highest BCUT2D eigenvalue weighted by molar-refractivity contribution is 5.78. The van der Waals surface area contributed by atoms with Crippen LogP contribution < -0.4 is 5.32 Å². The van der Waals surface area contributed by atoms with Gasteiger partial charge < -0.3 is 15.2 Å². The van der Waals surface area contributed by atoms with E-state index in [2.05, 4.69) is 5.32 Å². The average Bonchev–Trinajstić information content (AvgIpc) is 2.45. The molecule has 0 aliphatic heterocycles. The Morgan fingerprint density at radius 3 is 2.50 bits per heavy atom. The second-order valence-electron chi connectivity index (χ2n) is 4.68. The first-order valence-electron chi connectivity index (χ1n) is 6.62. The Bertz CT molecular complexity index is 433. The van der Waals surface area contributed by atoms with Crippen LogP contribution in [0.4, 0.5) is 0 Å². The van der Waals surface area contributed by atoms with E-state index in [0.29, 0.717) is 19.4 Å². The second kappa shape index (κ2) is 8.32. The van der Waals surface area contributed by atoms with Crippen molar-refractivity contribution in [2.75, 3.05) is 13.7 Å². The molecule has 110 valence electrons. The summed E-state index contributed by atoms with van der Waals surface area (Å²) in [5, 5.41) is 12.0. The van der Waals surface area contributed by atoms with E-state index in [9.17, 15) is 9.59 Å². The maximum atomic E-state index is 11.9. The van der Waals surface area contributed by atoms with Gasteiger partial charge in [0, 0.05) is 20.1 Å². The van der Waals surface area contributed by atoms with Gasteiger partial charge in [-0.3, -0.25) is 9.59 Å². The number of amides is 1. The minimum atomic E-state index is -0.934. The predicted octanol–water partition coefficient (Wildman–Crippen LogP) is 1.99. The van der Waals surface area contributed by atoms with Gasteiger partial charge in [0.25, 0.3) is 0 Å². The maximum Gasteiger partial charge on any atom is 0.308 e. The molecular formula is C15H21NO4. The van der Waals surface area contributed by atoms with Crippen LogP contribution in [0.2, 0.25) is 0 Å². The highest BCUT2D eigenvalue weighted by atomic mass is 16.5. The Kier molecular flexibility index (Phi) is 6.73. The van der Waals surface area contributed by atoms with Crippen molar-refractivity contribution in [3.8, 4) is 0 Å². The number of carboxylic acids is 1. The lowest BCUT2D eigenvalue weighted by atomic mass is 9.94. The van der Waals surface area contributed by atoms with Crippen molar-refractivity contribution in [3.05, 3.63) is 35.9 Å². The van der Waals surface area contributed by atoms with Crippen molar-refractivity contribution < 1.29 is 19.4 Å². The molecule has 1 rings (SSSR count). The van der Waals surface area contributed by atoms with Crippen LogP contribution in [0, 0.1) is 5.92 Å². The fraction of sp³-hybridized carbons (Fsp3) is 0.467. The van der Waals surface area contributed by atoms with Crippen molar-refractivity contribution in [3.63, 3.8) is 0 Å². The molecule has 1 aromatic rings. The quantitative estimate of drug-likeness (QED) is 0.714. The lowest BCUT2D eigenvalue weighted by Crippen LogP contribution is -2.35. The minimum Gasteiger partial charge on any atom is -0.481 e. The van der Waals surface area contributed by atoms with E-state index in [1.54, 1.807) is 14.0 Å². The van der Waals surface area contributed by atoms with Crippen LogP contribution in [0.5, 0.6) is 0 Å². The fourth-order valence-corrected chi connectivity index (χ4v) is 1.92. The van der Waals surface area contributed by atoms with Crippen LogP contribution >= 0.6 is 0 Å². The number of rotatable bonds is 8. The lowest BCUT2D eigenvalue weighted by molar-refractivity contribution is -0.142. The van der Waals surface area contributed by atoms with Gasteiger partial charge in [0.1, 0.15) is 0 Å². The summed E-state index contributed by atoms with van der Waals surface area (Å²) < 4.78 is 4.89.